The number of pyridine rings is 1. The van der Waals surface area contributed by atoms with Gasteiger partial charge < -0.3 is 9.84 Å². The molecule has 0 bridgehead atoms. The Morgan fingerprint density at radius 3 is 2.13 bits per heavy atom. The van der Waals surface area contributed by atoms with E-state index in [0.29, 0.717) is 28.0 Å². The van der Waals surface area contributed by atoms with Gasteiger partial charge in [0, 0.05) is 28.6 Å². The van der Waals surface area contributed by atoms with E-state index in [1.165, 1.54) is 4.90 Å². The van der Waals surface area contributed by atoms with E-state index in [1.807, 2.05) is 56.3 Å². The van der Waals surface area contributed by atoms with Crippen LogP contribution in [0.5, 0.6) is 5.75 Å². The second-order valence-corrected chi connectivity index (χ2v) is 16.8. The lowest BCUT2D eigenvalue weighted by Crippen LogP contribution is -2.43. The summed E-state index contributed by atoms with van der Waals surface area (Å²) in [4.78, 5) is 18.5. The Bertz CT molecular complexity index is 1350. The topological polar surface area (TPSA) is 62.7 Å². The second-order valence-electron chi connectivity index (χ2n) is 11.2. The van der Waals surface area contributed by atoms with Crippen LogP contribution in [0, 0.1) is 25.3 Å². The van der Waals surface area contributed by atoms with Crippen molar-refractivity contribution in [3.05, 3.63) is 77.1 Å². The molecule has 206 valence electrons. The zero-order valence-corrected chi connectivity index (χ0v) is 25.8. The zero-order chi connectivity index (χ0) is 28.9. The highest BCUT2D eigenvalue weighted by atomic mass is 28.3. The highest BCUT2D eigenvalue weighted by Crippen LogP contribution is 2.41. The van der Waals surface area contributed by atoms with E-state index < -0.39 is 14.2 Å². The molecule has 39 heavy (non-hydrogen) atoms. The van der Waals surface area contributed by atoms with Crippen molar-refractivity contribution in [2.75, 3.05) is 12.0 Å². The van der Waals surface area contributed by atoms with E-state index in [9.17, 15) is 9.90 Å². The van der Waals surface area contributed by atoms with Crippen molar-refractivity contribution in [1.82, 2.24) is 4.98 Å². The van der Waals surface area contributed by atoms with Gasteiger partial charge in [-0.1, -0.05) is 77.8 Å². The molecule has 0 aliphatic rings. The zero-order valence-electron chi connectivity index (χ0n) is 24.8. The number of hydrogen-bond acceptors (Lipinski definition) is 3. The number of ether oxygens (including phenoxy) is 1. The number of anilines is 1. The molecule has 1 amide bonds. The van der Waals surface area contributed by atoms with Gasteiger partial charge in [-0.25, -0.2) is 4.79 Å². The molecule has 0 fully saturated rings. The summed E-state index contributed by atoms with van der Waals surface area (Å²) in [6.45, 7) is 17.7. The van der Waals surface area contributed by atoms with Crippen LogP contribution in [0.4, 0.5) is 10.5 Å². The molecule has 0 saturated carbocycles. The lowest BCUT2D eigenvalue weighted by atomic mass is 10.0. The number of carboxylic acid groups (broad SMARTS) is 1. The molecule has 0 aliphatic carbocycles. The third-order valence-corrected chi connectivity index (χ3v) is 14.2. The number of nitrogens with zero attached hydrogens (tertiary/aromatic N) is 2. The Kier molecular flexibility index (Phi) is 9.63. The summed E-state index contributed by atoms with van der Waals surface area (Å²) in [6, 6.07) is 15.9. The number of aryl methyl sites for hydroxylation is 1. The van der Waals surface area contributed by atoms with Crippen molar-refractivity contribution in [1.29, 1.82) is 0 Å². The van der Waals surface area contributed by atoms with Gasteiger partial charge in [-0.2, -0.15) is 0 Å². The fourth-order valence-corrected chi connectivity index (χ4v) is 11.1. The molecule has 2 aromatic carbocycles. The summed E-state index contributed by atoms with van der Waals surface area (Å²) in [5, 5.41) is 10.3. The predicted octanol–water partition coefficient (Wildman–Crippen LogP) is 8.63. The van der Waals surface area contributed by atoms with Gasteiger partial charge in [-0.05, 0) is 59.8 Å². The average molecular weight is 543 g/mol. The highest BCUT2D eigenvalue weighted by Gasteiger charge is 2.41. The molecule has 1 aromatic heterocycles. The largest absolute Gasteiger partial charge is 0.496 e. The number of rotatable bonds is 8. The Hall–Kier alpha value is -3.56. The number of aromatic nitrogens is 1. The van der Waals surface area contributed by atoms with Crippen LogP contribution in [-0.4, -0.2) is 31.4 Å². The maximum atomic E-state index is 12.6. The highest BCUT2D eigenvalue weighted by molar-refractivity contribution is 6.90. The number of benzene rings is 2. The molecule has 0 unspecified atom stereocenters. The van der Waals surface area contributed by atoms with Crippen molar-refractivity contribution in [3.8, 4) is 28.3 Å². The molecule has 0 aliphatic heterocycles. The van der Waals surface area contributed by atoms with Gasteiger partial charge >= 0.3 is 6.09 Å². The average Bonchev–Trinajstić information content (AvgIpc) is 2.88. The summed E-state index contributed by atoms with van der Waals surface area (Å²) in [5.74, 6) is 4.26. The molecule has 1 heterocycles. The number of amides is 1. The van der Waals surface area contributed by atoms with Crippen molar-refractivity contribution in [2.45, 2.75) is 78.6 Å². The molecule has 0 radical (unpaired) electrons. The first-order valence-electron chi connectivity index (χ1n) is 13.7. The van der Waals surface area contributed by atoms with Gasteiger partial charge in [0.15, 0.2) is 0 Å². The van der Waals surface area contributed by atoms with Gasteiger partial charge in [0.25, 0.3) is 0 Å². The Labute approximate surface area is 235 Å². The Balaban J connectivity index is 2.20. The minimum Gasteiger partial charge on any atom is -0.496 e. The third kappa shape index (κ3) is 6.37. The molecule has 3 aromatic rings. The quantitative estimate of drug-likeness (QED) is 0.229. The first kappa shape index (κ1) is 30.0. The van der Waals surface area contributed by atoms with E-state index in [-0.39, 0.29) is 6.54 Å². The fraction of sp³-hybridized carbons (Fsp3) is 0.394. The summed E-state index contributed by atoms with van der Waals surface area (Å²) in [7, 11) is -0.351. The molecule has 1 N–H and O–H groups in total. The van der Waals surface area contributed by atoms with Gasteiger partial charge in [-0.3, -0.25) is 9.88 Å². The normalized spacial score (nSPS) is 11.5. The summed E-state index contributed by atoms with van der Waals surface area (Å²) >= 11 is 0. The molecular formula is C33H42N2O3Si. The number of methoxy groups -OCH3 is 1. The van der Waals surface area contributed by atoms with E-state index in [2.05, 4.69) is 64.1 Å². The van der Waals surface area contributed by atoms with Gasteiger partial charge in [-0.15, -0.1) is 5.54 Å². The van der Waals surface area contributed by atoms with Crippen molar-refractivity contribution >= 4 is 19.9 Å². The summed E-state index contributed by atoms with van der Waals surface area (Å²) in [6.07, 6.45) is 0.682. The maximum Gasteiger partial charge on any atom is 0.412 e. The van der Waals surface area contributed by atoms with Crippen LogP contribution in [0.15, 0.2) is 54.7 Å². The second kappa shape index (κ2) is 12.5. The lowest BCUT2D eigenvalue weighted by molar-refractivity contribution is 0.201. The van der Waals surface area contributed by atoms with Crippen molar-refractivity contribution in [3.63, 3.8) is 0 Å². The van der Waals surface area contributed by atoms with E-state index in [4.69, 9.17) is 4.74 Å². The van der Waals surface area contributed by atoms with Crippen LogP contribution in [0.1, 0.15) is 63.9 Å². The maximum absolute atomic E-state index is 12.6. The minimum absolute atomic E-state index is 0.103. The van der Waals surface area contributed by atoms with Crippen LogP contribution >= 0.6 is 0 Å². The van der Waals surface area contributed by atoms with Gasteiger partial charge in [0.05, 0.1) is 19.3 Å². The van der Waals surface area contributed by atoms with E-state index >= 15 is 0 Å². The predicted molar refractivity (Wildman–Crippen MR) is 164 cm³/mol. The molecule has 6 heteroatoms. The minimum atomic E-state index is -1.97. The van der Waals surface area contributed by atoms with Crippen LogP contribution in [0.25, 0.3) is 11.1 Å². The van der Waals surface area contributed by atoms with E-state index in [0.717, 1.165) is 33.6 Å². The fourth-order valence-electron chi connectivity index (χ4n) is 5.90. The first-order valence-corrected chi connectivity index (χ1v) is 15.9. The third-order valence-electron chi connectivity index (χ3n) is 7.91. The molecule has 5 nitrogen and oxygen atoms in total. The van der Waals surface area contributed by atoms with Crippen LogP contribution in [0.2, 0.25) is 16.6 Å². The molecular weight excluding hydrogens is 500 g/mol. The summed E-state index contributed by atoms with van der Waals surface area (Å²) < 4.78 is 5.56. The number of carbonyl (C=O) groups is 1. The molecule has 0 saturated heterocycles. The van der Waals surface area contributed by atoms with E-state index in [1.54, 1.807) is 13.3 Å². The van der Waals surface area contributed by atoms with Crippen LogP contribution in [0.3, 0.4) is 0 Å². The number of hydrogen-bond donors (Lipinski definition) is 1. The Morgan fingerprint density at radius 2 is 1.59 bits per heavy atom. The first-order chi connectivity index (χ1) is 18.4. The van der Waals surface area contributed by atoms with Crippen molar-refractivity contribution in [2.24, 2.45) is 0 Å². The van der Waals surface area contributed by atoms with Crippen LogP contribution < -0.4 is 9.64 Å². The smallest absolute Gasteiger partial charge is 0.412 e. The molecule has 0 spiro atoms. The monoisotopic (exact) mass is 542 g/mol. The SMILES string of the molecule is COc1c(C)cnc(CN(C(=O)O)c2cc(C#C[Si](C(C)C)(C(C)C)C(C)C)cc(-c3ccccc3)c2)c1C. The Morgan fingerprint density at radius 1 is 0.974 bits per heavy atom. The standard InChI is InChI=1S/C33H42N2O3Si/c1-22(2)39(23(3)4,24(5)6)16-15-27-17-29(28-13-11-10-12-14-28)19-30(18-27)35(33(36)37)21-31-26(8)32(38-9)25(7)20-34-31/h10-14,17-20,22-24H,21H2,1-9H3,(H,36,37). The molecule has 3 rings (SSSR count). The van der Waals surface area contributed by atoms with Crippen molar-refractivity contribution < 1.29 is 14.6 Å². The van der Waals surface area contributed by atoms with Crippen LogP contribution in [-0.2, 0) is 6.54 Å². The lowest BCUT2D eigenvalue weighted by Gasteiger charge is -2.38. The van der Waals surface area contributed by atoms with Gasteiger partial charge in [0.2, 0.25) is 0 Å². The van der Waals surface area contributed by atoms with Gasteiger partial charge in [0.1, 0.15) is 13.8 Å². The molecule has 0 atom stereocenters. The summed E-state index contributed by atoms with van der Waals surface area (Å²) in [5.41, 5.74) is 11.0.